The van der Waals surface area contributed by atoms with E-state index >= 15 is 0 Å². The molecule has 0 radical (unpaired) electrons. The van der Waals surface area contributed by atoms with Gasteiger partial charge in [-0.2, -0.15) is 0 Å². The minimum absolute atomic E-state index is 0.152. The van der Waals surface area contributed by atoms with E-state index in [-0.39, 0.29) is 22.8 Å². The number of nitrogens with one attached hydrogen (secondary N) is 5. The number of amides is 1. The van der Waals surface area contributed by atoms with Crippen molar-refractivity contribution in [3.05, 3.63) is 78.8 Å². The number of aromatic amines is 2. The van der Waals surface area contributed by atoms with Gasteiger partial charge in [-0.05, 0) is 35.9 Å². The lowest BCUT2D eigenvalue weighted by Crippen LogP contribution is -2.36. The molecular formula is C20H17N5O4. The highest BCUT2D eigenvalue weighted by atomic mass is 16.2. The maximum Gasteiger partial charge on any atom is 0.271 e. The Bertz CT molecular complexity index is 1360. The van der Waals surface area contributed by atoms with E-state index < -0.39 is 10.9 Å². The van der Waals surface area contributed by atoms with Crippen LogP contribution >= 0.6 is 0 Å². The Labute approximate surface area is 163 Å². The van der Waals surface area contributed by atoms with Crippen LogP contribution in [0.3, 0.4) is 0 Å². The fourth-order valence-electron chi connectivity index (χ4n) is 3.09. The van der Waals surface area contributed by atoms with Gasteiger partial charge in [-0.1, -0.05) is 12.1 Å². The fourth-order valence-corrected chi connectivity index (χ4v) is 3.09. The van der Waals surface area contributed by atoms with Crippen LogP contribution in [0.5, 0.6) is 0 Å². The van der Waals surface area contributed by atoms with Gasteiger partial charge in [0, 0.05) is 24.8 Å². The van der Waals surface area contributed by atoms with Crippen LogP contribution in [0.4, 0.5) is 22.7 Å². The lowest BCUT2D eigenvalue weighted by Gasteiger charge is -2.15. The van der Waals surface area contributed by atoms with E-state index in [1.54, 1.807) is 36.4 Å². The summed E-state index contributed by atoms with van der Waals surface area (Å²) >= 11 is 0. The first-order valence-electron chi connectivity index (χ1n) is 8.83. The standard InChI is InChI=1S/C20H17N5O4/c1-10(26)22-12-4-2-3-11(7-12)9-21-16-17(19(28)18(16)27)23-13-5-6-15-14(8-13)20(29)25-24-15/h2-8,21,23H,9H2,1H3,(H,22,26)(H2,24,25,29). The number of benzene rings is 2. The molecular weight excluding hydrogens is 374 g/mol. The van der Waals surface area contributed by atoms with Crippen molar-refractivity contribution in [3.63, 3.8) is 0 Å². The quantitative estimate of drug-likeness (QED) is 0.318. The van der Waals surface area contributed by atoms with Crippen LogP contribution in [-0.2, 0) is 11.3 Å². The third-order valence-electron chi connectivity index (χ3n) is 4.47. The van der Waals surface area contributed by atoms with Gasteiger partial charge in [0.05, 0.1) is 10.9 Å². The van der Waals surface area contributed by atoms with Crippen molar-refractivity contribution in [2.24, 2.45) is 0 Å². The summed E-state index contributed by atoms with van der Waals surface area (Å²) in [4.78, 5) is 46.9. The van der Waals surface area contributed by atoms with Gasteiger partial charge in [-0.15, -0.1) is 0 Å². The van der Waals surface area contributed by atoms with E-state index in [4.69, 9.17) is 0 Å². The molecule has 0 saturated carbocycles. The Morgan fingerprint density at radius 2 is 1.72 bits per heavy atom. The molecule has 1 heterocycles. The predicted octanol–water partition coefficient (Wildman–Crippen LogP) is 1.77. The number of hydrogen-bond acceptors (Lipinski definition) is 6. The van der Waals surface area contributed by atoms with Crippen molar-refractivity contribution in [1.82, 2.24) is 10.2 Å². The first kappa shape index (κ1) is 18.2. The molecule has 0 aliphatic carbocycles. The Kier molecular flexibility index (Phi) is 4.47. The Balaban J connectivity index is 1.53. The molecule has 29 heavy (non-hydrogen) atoms. The van der Waals surface area contributed by atoms with Gasteiger partial charge in [0.25, 0.3) is 16.4 Å². The molecule has 146 valence electrons. The third-order valence-corrected chi connectivity index (χ3v) is 4.47. The number of carbonyl (C=O) groups excluding carboxylic acids is 1. The summed E-state index contributed by atoms with van der Waals surface area (Å²) < 4.78 is 0. The molecule has 9 nitrogen and oxygen atoms in total. The molecule has 0 spiro atoms. The van der Waals surface area contributed by atoms with Crippen molar-refractivity contribution in [2.75, 3.05) is 16.0 Å². The van der Waals surface area contributed by atoms with E-state index in [1.165, 1.54) is 6.92 Å². The Hall–Kier alpha value is -4.14. The molecule has 0 aliphatic rings. The second kappa shape index (κ2) is 7.12. The molecule has 9 heteroatoms. The zero-order chi connectivity index (χ0) is 20.5. The normalized spacial score (nSPS) is 10.9. The zero-order valence-electron chi connectivity index (χ0n) is 15.4. The van der Waals surface area contributed by atoms with Crippen molar-refractivity contribution in [3.8, 4) is 0 Å². The van der Waals surface area contributed by atoms with Gasteiger partial charge in [0.2, 0.25) is 5.91 Å². The molecule has 0 unspecified atom stereocenters. The maximum atomic E-state index is 12.0. The van der Waals surface area contributed by atoms with Crippen LogP contribution in [0.1, 0.15) is 12.5 Å². The van der Waals surface area contributed by atoms with E-state index in [9.17, 15) is 19.2 Å². The highest BCUT2D eigenvalue weighted by Crippen LogP contribution is 2.23. The minimum atomic E-state index is -0.623. The average Bonchev–Trinajstić information content (AvgIpc) is 3.07. The van der Waals surface area contributed by atoms with E-state index in [1.807, 2.05) is 6.07 Å². The summed E-state index contributed by atoms with van der Waals surface area (Å²) in [5, 5.41) is 14.2. The molecule has 3 aromatic carbocycles. The van der Waals surface area contributed by atoms with Crippen LogP contribution in [0, 0.1) is 0 Å². The zero-order valence-corrected chi connectivity index (χ0v) is 15.4. The van der Waals surface area contributed by atoms with Crippen LogP contribution in [-0.4, -0.2) is 16.1 Å². The Morgan fingerprint density at radius 3 is 2.52 bits per heavy atom. The van der Waals surface area contributed by atoms with Crippen LogP contribution < -0.4 is 32.4 Å². The summed E-state index contributed by atoms with van der Waals surface area (Å²) in [6, 6.07) is 12.1. The Morgan fingerprint density at radius 1 is 0.931 bits per heavy atom. The van der Waals surface area contributed by atoms with E-state index in [2.05, 4.69) is 26.1 Å². The molecule has 1 amide bonds. The topological polar surface area (TPSA) is 136 Å². The lowest BCUT2D eigenvalue weighted by atomic mass is 10.1. The van der Waals surface area contributed by atoms with Crippen molar-refractivity contribution in [2.45, 2.75) is 13.5 Å². The maximum absolute atomic E-state index is 12.0. The number of fused-ring (bicyclic) bond motifs is 1. The first-order valence-corrected chi connectivity index (χ1v) is 8.83. The van der Waals surface area contributed by atoms with Gasteiger partial charge in [-0.3, -0.25) is 29.4 Å². The molecule has 0 saturated heterocycles. The number of rotatable bonds is 6. The fraction of sp³-hybridized carbons (Fsp3) is 0.100. The van der Waals surface area contributed by atoms with Gasteiger partial charge >= 0.3 is 0 Å². The lowest BCUT2D eigenvalue weighted by molar-refractivity contribution is -0.114. The van der Waals surface area contributed by atoms with E-state index in [0.29, 0.717) is 28.8 Å². The van der Waals surface area contributed by atoms with Crippen molar-refractivity contribution < 1.29 is 4.79 Å². The minimum Gasteiger partial charge on any atom is -0.376 e. The van der Waals surface area contributed by atoms with Crippen molar-refractivity contribution in [1.29, 1.82) is 0 Å². The van der Waals surface area contributed by atoms with Crippen LogP contribution in [0.15, 0.2) is 56.8 Å². The second-order valence-corrected chi connectivity index (χ2v) is 6.61. The largest absolute Gasteiger partial charge is 0.376 e. The summed E-state index contributed by atoms with van der Waals surface area (Å²) in [5.41, 5.74) is 1.47. The van der Waals surface area contributed by atoms with E-state index in [0.717, 1.165) is 5.56 Å². The van der Waals surface area contributed by atoms with Gasteiger partial charge in [0.15, 0.2) is 0 Å². The highest BCUT2D eigenvalue weighted by molar-refractivity contribution is 5.88. The summed E-state index contributed by atoms with van der Waals surface area (Å²) in [6.45, 7) is 1.72. The van der Waals surface area contributed by atoms with Crippen molar-refractivity contribution >= 4 is 39.6 Å². The monoisotopic (exact) mass is 391 g/mol. The summed E-state index contributed by atoms with van der Waals surface area (Å²) in [7, 11) is 0. The predicted molar refractivity (Wildman–Crippen MR) is 112 cm³/mol. The molecule has 4 rings (SSSR count). The molecule has 0 fully saturated rings. The van der Waals surface area contributed by atoms with Gasteiger partial charge < -0.3 is 16.0 Å². The van der Waals surface area contributed by atoms with Gasteiger partial charge in [0.1, 0.15) is 11.4 Å². The molecule has 5 N–H and O–H groups in total. The number of carbonyl (C=O) groups is 1. The molecule has 0 aliphatic heterocycles. The number of H-pyrrole nitrogens is 2. The summed E-state index contributed by atoms with van der Waals surface area (Å²) in [5.74, 6) is -0.178. The first-order chi connectivity index (χ1) is 13.9. The summed E-state index contributed by atoms with van der Waals surface area (Å²) in [6.07, 6.45) is 0. The van der Waals surface area contributed by atoms with Crippen LogP contribution in [0.2, 0.25) is 0 Å². The number of aromatic nitrogens is 2. The molecule has 0 atom stereocenters. The average molecular weight is 391 g/mol. The molecule has 4 aromatic rings. The molecule has 0 bridgehead atoms. The highest BCUT2D eigenvalue weighted by Gasteiger charge is 2.21. The third kappa shape index (κ3) is 3.53. The second-order valence-electron chi connectivity index (χ2n) is 6.61. The number of anilines is 4. The number of hydrogen-bond donors (Lipinski definition) is 5. The van der Waals surface area contributed by atoms with Crippen LogP contribution in [0.25, 0.3) is 10.9 Å². The SMILES string of the molecule is CC(=O)Nc1cccc(CNc2c(Nc3ccc4[nH][nH]c(=O)c4c3)c(=O)c2=O)c1. The molecule has 1 aromatic heterocycles. The van der Waals surface area contributed by atoms with Gasteiger partial charge in [-0.25, -0.2) is 0 Å². The smallest absolute Gasteiger partial charge is 0.271 e.